The Labute approximate surface area is 162 Å². The van der Waals surface area contributed by atoms with Crippen LogP contribution in [0.5, 0.6) is 5.75 Å². The number of anilines is 1. The van der Waals surface area contributed by atoms with Crippen molar-refractivity contribution in [1.82, 2.24) is 14.5 Å². The molecular formula is C20H22N4O4. The molecule has 0 aliphatic rings. The normalized spacial score (nSPS) is 12.1. The van der Waals surface area contributed by atoms with Crippen LogP contribution in [0.25, 0.3) is 0 Å². The molecule has 0 bridgehead atoms. The number of hydrogen-bond donors (Lipinski definition) is 3. The fraction of sp³-hybridized carbons (Fsp3) is 0.250. The number of ketones is 1. The Kier molecular flexibility index (Phi) is 6.03. The monoisotopic (exact) mass is 382 g/mol. The fourth-order valence-corrected chi connectivity index (χ4v) is 2.86. The van der Waals surface area contributed by atoms with Gasteiger partial charge in [0.1, 0.15) is 11.6 Å². The molecule has 0 aliphatic carbocycles. The Morgan fingerprint density at radius 1 is 1.18 bits per heavy atom. The van der Waals surface area contributed by atoms with Gasteiger partial charge in [-0.15, -0.1) is 0 Å². The van der Waals surface area contributed by atoms with E-state index in [-0.39, 0.29) is 12.3 Å². The van der Waals surface area contributed by atoms with Gasteiger partial charge in [0.25, 0.3) is 0 Å². The first-order chi connectivity index (χ1) is 13.5. The smallest absolute Gasteiger partial charge is 0.182 e. The number of nitrogen functional groups attached to an aromatic ring is 1. The minimum Gasteiger partial charge on any atom is -0.497 e. The number of ether oxygens (including phenoxy) is 1. The van der Waals surface area contributed by atoms with E-state index in [0.717, 1.165) is 5.56 Å². The van der Waals surface area contributed by atoms with Crippen LogP contribution in [0, 0.1) is 0 Å². The van der Waals surface area contributed by atoms with Crippen LogP contribution in [-0.4, -0.2) is 43.9 Å². The van der Waals surface area contributed by atoms with Crippen LogP contribution in [0.3, 0.4) is 0 Å². The van der Waals surface area contributed by atoms with E-state index >= 15 is 0 Å². The maximum absolute atomic E-state index is 12.4. The zero-order valence-corrected chi connectivity index (χ0v) is 15.4. The van der Waals surface area contributed by atoms with Crippen molar-refractivity contribution in [1.29, 1.82) is 0 Å². The summed E-state index contributed by atoms with van der Waals surface area (Å²) in [6.07, 6.45) is 3.48. The Morgan fingerprint density at radius 2 is 1.93 bits per heavy atom. The van der Waals surface area contributed by atoms with Gasteiger partial charge in [0.15, 0.2) is 12.1 Å². The lowest BCUT2D eigenvalue weighted by atomic mass is 9.97. The van der Waals surface area contributed by atoms with Crippen molar-refractivity contribution in [3.05, 3.63) is 71.9 Å². The van der Waals surface area contributed by atoms with Crippen molar-refractivity contribution < 1.29 is 19.7 Å². The third kappa shape index (κ3) is 4.73. The first-order valence-electron chi connectivity index (χ1n) is 8.71. The van der Waals surface area contributed by atoms with Gasteiger partial charge in [0.2, 0.25) is 0 Å². The van der Waals surface area contributed by atoms with Gasteiger partial charge < -0.3 is 25.3 Å². The highest BCUT2D eigenvalue weighted by atomic mass is 16.5. The maximum Gasteiger partial charge on any atom is 0.182 e. The van der Waals surface area contributed by atoms with Crippen molar-refractivity contribution in [3.63, 3.8) is 0 Å². The van der Waals surface area contributed by atoms with Gasteiger partial charge in [-0.05, 0) is 42.3 Å². The highest BCUT2D eigenvalue weighted by molar-refractivity contribution is 5.96. The van der Waals surface area contributed by atoms with E-state index in [4.69, 9.17) is 10.5 Å². The fourth-order valence-electron chi connectivity index (χ4n) is 2.86. The van der Waals surface area contributed by atoms with Gasteiger partial charge in [-0.25, -0.2) is 9.97 Å². The lowest BCUT2D eigenvalue weighted by Crippen LogP contribution is -2.20. The molecule has 3 aromatic rings. The van der Waals surface area contributed by atoms with Gasteiger partial charge in [-0.3, -0.25) is 4.79 Å². The molecule has 146 valence electrons. The van der Waals surface area contributed by atoms with Crippen molar-refractivity contribution in [2.24, 2.45) is 0 Å². The average molecular weight is 382 g/mol. The van der Waals surface area contributed by atoms with Crippen LogP contribution >= 0.6 is 0 Å². The quantitative estimate of drug-likeness (QED) is 0.397. The molecule has 8 nitrogen and oxygen atoms in total. The number of nitrogens with zero attached hydrogens (tertiary/aromatic N) is 3. The first kappa shape index (κ1) is 19.5. The highest BCUT2D eigenvalue weighted by Crippen LogP contribution is 2.22. The molecule has 1 atom stereocenters. The second kappa shape index (κ2) is 8.64. The number of imidazole rings is 1. The third-order valence-corrected chi connectivity index (χ3v) is 4.43. The number of carbonyl (C=O) groups is 1. The molecule has 0 saturated heterocycles. The van der Waals surface area contributed by atoms with Crippen LogP contribution in [-0.2, 0) is 13.0 Å². The van der Waals surface area contributed by atoms with Gasteiger partial charge in [0, 0.05) is 18.0 Å². The van der Waals surface area contributed by atoms with E-state index in [9.17, 15) is 15.0 Å². The van der Waals surface area contributed by atoms with E-state index in [0.29, 0.717) is 29.2 Å². The first-order valence-corrected chi connectivity index (χ1v) is 8.71. The van der Waals surface area contributed by atoms with Crippen molar-refractivity contribution in [2.75, 3.05) is 12.8 Å². The van der Waals surface area contributed by atoms with Crippen LogP contribution in [0.1, 0.15) is 27.5 Å². The summed E-state index contributed by atoms with van der Waals surface area (Å²) in [5.74, 6) is 0.336. The highest BCUT2D eigenvalue weighted by Gasteiger charge is 2.23. The third-order valence-electron chi connectivity index (χ3n) is 4.43. The molecule has 0 aliphatic heterocycles. The molecule has 4 N–H and O–H groups in total. The SMILES string of the molecule is COc1ccc(C(=O)Cn2cnc(C(Cc3ccc(N)nc3)C(O)O)c2)cc1. The summed E-state index contributed by atoms with van der Waals surface area (Å²) < 4.78 is 6.71. The molecule has 1 aromatic carbocycles. The summed E-state index contributed by atoms with van der Waals surface area (Å²) in [4.78, 5) is 20.7. The molecule has 2 aromatic heterocycles. The van der Waals surface area contributed by atoms with Gasteiger partial charge in [-0.1, -0.05) is 6.07 Å². The number of aromatic nitrogens is 3. The predicted molar refractivity (Wildman–Crippen MR) is 103 cm³/mol. The zero-order chi connectivity index (χ0) is 20.1. The number of hydrogen-bond acceptors (Lipinski definition) is 7. The Hall–Kier alpha value is -3.23. The van der Waals surface area contributed by atoms with E-state index in [1.807, 2.05) is 0 Å². The molecule has 0 radical (unpaired) electrons. The topological polar surface area (TPSA) is 123 Å². The molecule has 28 heavy (non-hydrogen) atoms. The lowest BCUT2D eigenvalue weighted by molar-refractivity contribution is -0.0610. The van der Waals surface area contributed by atoms with Gasteiger partial charge >= 0.3 is 0 Å². The molecule has 0 spiro atoms. The summed E-state index contributed by atoms with van der Waals surface area (Å²) in [5.41, 5.74) is 7.42. The number of methoxy groups -OCH3 is 1. The van der Waals surface area contributed by atoms with Gasteiger partial charge in [0.05, 0.1) is 31.6 Å². The van der Waals surface area contributed by atoms with Crippen LogP contribution in [0.2, 0.25) is 0 Å². The number of aliphatic hydroxyl groups is 2. The van der Waals surface area contributed by atoms with Gasteiger partial charge in [-0.2, -0.15) is 0 Å². The molecule has 0 fully saturated rings. The minimum atomic E-state index is -1.60. The molecule has 8 heteroatoms. The molecule has 1 unspecified atom stereocenters. The number of aliphatic hydroxyl groups excluding tert-OH is 1. The summed E-state index contributed by atoms with van der Waals surface area (Å²) >= 11 is 0. The van der Waals surface area contributed by atoms with Crippen LogP contribution in [0.15, 0.2) is 55.1 Å². The summed E-state index contributed by atoms with van der Waals surface area (Å²) in [5, 5.41) is 19.6. The van der Waals surface area contributed by atoms with E-state index in [2.05, 4.69) is 9.97 Å². The molecule has 0 saturated carbocycles. The number of rotatable bonds is 8. The van der Waals surface area contributed by atoms with Crippen molar-refractivity contribution in [2.45, 2.75) is 25.2 Å². The molecular weight excluding hydrogens is 360 g/mol. The number of carbonyl (C=O) groups excluding carboxylic acids is 1. The number of Topliss-reactive ketones (excluding diaryl/α,β-unsaturated/α-hetero) is 1. The summed E-state index contributed by atoms with van der Waals surface area (Å²) in [7, 11) is 1.57. The summed E-state index contributed by atoms with van der Waals surface area (Å²) in [6, 6.07) is 10.3. The lowest BCUT2D eigenvalue weighted by Gasteiger charge is -2.16. The average Bonchev–Trinajstić information content (AvgIpc) is 3.15. The summed E-state index contributed by atoms with van der Waals surface area (Å²) in [6.45, 7) is 0.0942. The van der Waals surface area contributed by atoms with Crippen molar-refractivity contribution >= 4 is 11.6 Å². The number of pyridine rings is 1. The van der Waals surface area contributed by atoms with Crippen LogP contribution in [0.4, 0.5) is 5.82 Å². The van der Waals surface area contributed by atoms with E-state index < -0.39 is 12.2 Å². The Bertz CT molecular complexity index is 920. The largest absolute Gasteiger partial charge is 0.497 e. The van der Waals surface area contributed by atoms with E-state index in [1.165, 1.54) is 6.33 Å². The van der Waals surface area contributed by atoms with E-state index in [1.54, 1.807) is 60.5 Å². The molecule has 0 amide bonds. The zero-order valence-electron chi connectivity index (χ0n) is 15.4. The number of benzene rings is 1. The molecule has 3 rings (SSSR count). The van der Waals surface area contributed by atoms with Crippen LogP contribution < -0.4 is 10.5 Å². The predicted octanol–water partition coefficient (Wildman–Crippen LogP) is 1.39. The van der Waals surface area contributed by atoms with Crippen molar-refractivity contribution in [3.8, 4) is 5.75 Å². The Balaban J connectivity index is 1.71. The standard InChI is InChI=1S/C20H22N4O4/c1-28-15-5-3-14(4-6-15)18(25)11-24-10-17(23-12-24)16(20(26)27)8-13-2-7-19(21)22-9-13/h2-7,9-10,12,16,20,26-27H,8,11H2,1H3,(H2,21,22). The maximum atomic E-state index is 12.4. The Morgan fingerprint density at radius 3 is 2.54 bits per heavy atom. The molecule has 2 heterocycles. The second-order valence-corrected chi connectivity index (χ2v) is 6.44. The second-order valence-electron chi connectivity index (χ2n) is 6.44. The number of nitrogens with two attached hydrogens (primary N) is 1. The minimum absolute atomic E-state index is 0.0876.